The molecule has 0 spiro atoms. The zero-order valence-corrected chi connectivity index (χ0v) is 14.9. The van der Waals surface area contributed by atoms with E-state index in [-0.39, 0.29) is 11.8 Å². The second kappa shape index (κ2) is 6.81. The number of hydrogen-bond donors (Lipinski definition) is 1. The Morgan fingerprint density at radius 2 is 2.04 bits per heavy atom. The molecule has 2 aromatic rings. The van der Waals surface area contributed by atoms with Crippen LogP contribution in [0.1, 0.15) is 17.5 Å². The number of amides is 1. The van der Waals surface area contributed by atoms with E-state index in [0.29, 0.717) is 13.1 Å². The van der Waals surface area contributed by atoms with Gasteiger partial charge in [-0.3, -0.25) is 4.79 Å². The number of nitriles is 1. The molecule has 0 aromatic heterocycles. The van der Waals surface area contributed by atoms with Gasteiger partial charge in [0.1, 0.15) is 0 Å². The quantitative estimate of drug-likeness (QED) is 0.868. The number of benzene rings is 2. The fourth-order valence-corrected chi connectivity index (χ4v) is 3.92. The van der Waals surface area contributed by atoms with Crippen LogP contribution in [-0.2, 0) is 17.9 Å². The summed E-state index contributed by atoms with van der Waals surface area (Å²) < 4.78 is 0. The van der Waals surface area contributed by atoms with E-state index in [1.165, 1.54) is 5.56 Å². The van der Waals surface area contributed by atoms with Crippen molar-refractivity contribution in [3.63, 3.8) is 0 Å². The van der Waals surface area contributed by atoms with Crippen LogP contribution in [0.2, 0.25) is 0 Å². The van der Waals surface area contributed by atoms with Gasteiger partial charge in [-0.2, -0.15) is 5.26 Å². The van der Waals surface area contributed by atoms with E-state index in [1.54, 1.807) is 4.90 Å². The molecule has 0 aliphatic carbocycles. The van der Waals surface area contributed by atoms with E-state index >= 15 is 0 Å². The van der Waals surface area contributed by atoms with Crippen molar-refractivity contribution in [1.82, 2.24) is 9.80 Å². The van der Waals surface area contributed by atoms with Gasteiger partial charge in [-0.15, -0.1) is 0 Å². The third-order valence-electron chi connectivity index (χ3n) is 5.31. The first kappa shape index (κ1) is 16.6. The Labute approximate surface area is 153 Å². The maximum Gasteiger partial charge on any atom is 0.228 e. The van der Waals surface area contributed by atoms with E-state index < -0.39 is 0 Å². The molecule has 1 saturated heterocycles. The average Bonchev–Trinajstić information content (AvgIpc) is 3.27. The van der Waals surface area contributed by atoms with E-state index in [4.69, 9.17) is 0 Å². The molecule has 5 nitrogen and oxygen atoms in total. The van der Waals surface area contributed by atoms with Crippen molar-refractivity contribution in [2.75, 3.05) is 25.5 Å². The van der Waals surface area contributed by atoms with E-state index in [2.05, 4.69) is 28.5 Å². The number of hydrogen-bond acceptors (Lipinski definition) is 4. The Hall–Kier alpha value is -2.84. The highest BCUT2D eigenvalue weighted by atomic mass is 16.1. The molecular formula is C21H22N4O. The van der Waals surface area contributed by atoms with Gasteiger partial charge >= 0.3 is 0 Å². The summed E-state index contributed by atoms with van der Waals surface area (Å²) in [7, 11) is 2.05. The summed E-state index contributed by atoms with van der Waals surface area (Å²) >= 11 is 0. The molecule has 0 bridgehead atoms. The summed E-state index contributed by atoms with van der Waals surface area (Å²) in [5, 5.41) is 12.4. The third-order valence-corrected chi connectivity index (χ3v) is 5.31. The Balaban J connectivity index is 1.66. The summed E-state index contributed by atoms with van der Waals surface area (Å²) in [5.41, 5.74) is 5.32. The molecule has 2 heterocycles. The van der Waals surface area contributed by atoms with Gasteiger partial charge in [0, 0.05) is 12.2 Å². The third kappa shape index (κ3) is 3.16. The van der Waals surface area contributed by atoms with Crippen molar-refractivity contribution in [1.29, 1.82) is 5.26 Å². The lowest BCUT2D eigenvalue weighted by Gasteiger charge is -2.15. The summed E-state index contributed by atoms with van der Waals surface area (Å²) in [6, 6.07) is 14.2. The van der Waals surface area contributed by atoms with Gasteiger partial charge in [0.05, 0.1) is 19.0 Å². The number of carbonyl (C=O) groups excluding carboxylic acids is 1. The number of anilines is 1. The normalized spacial score (nSPS) is 19.2. The Bertz CT molecular complexity index is 872. The Kier molecular flexibility index (Phi) is 4.36. The second-order valence-corrected chi connectivity index (χ2v) is 7.22. The van der Waals surface area contributed by atoms with Gasteiger partial charge in [0.2, 0.25) is 5.91 Å². The molecule has 1 atom stereocenters. The molecule has 5 heteroatoms. The molecule has 1 fully saturated rings. The van der Waals surface area contributed by atoms with Gasteiger partial charge < -0.3 is 15.1 Å². The molecular weight excluding hydrogens is 324 g/mol. The maximum absolute atomic E-state index is 12.6. The maximum atomic E-state index is 12.6. The van der Waals surface area contributed by atoms with Gasteiger partial charge in [0.25, 0.3) is 0 Å². The van der Waals surface area contributed by atoms with Gasteiger partial charge in [-0.25, -0.2) is 0 Å². The molecule has 26 heavy (non-hydrogen) atoms. The molecule has 4 rings (SSSR count). The van der Waals surface area contributed by atoms with Crippen molar-refractivity contribution in [3.05, 3.63) is 53.6 Å². The first-order valence-electron chi connectivity index (χ1n) is 8.99. The van der Waals surface area contributed by atoms with Crippen LogP contribution >= 0.6 is 0 Å². The summed E-state index contributed by atoms with van der Waals surface area (Å²) in [4.78, 5) is 16.6. The smallest absolute Gasteiger partial charge is 0.228 e. The number of rotatable bonds is 3. The molecule has 2 aliphatic rings. The Morgan fingerprint density at radius 3 is 2.73 bits per heavy atom. The summed E-state index contributed by atoms with van der Waals surface area (Å²) in [6.45, 7) is 3.00. The van der Waals surface area contributed by atoms with Crippen LogP contribution < -0.4 is 5.32 Å². The number of likely N-dealkylation sites (tertiary alicyclic amines) is 1. The predicted octanol–water partition coefficient (Wildman–Crippen LogP) is 3.04. The van der Waals surface area contributed by atoms with Crippen LogP contribution in [0, 0.1) is 17.4 Å². The van der Waals surface area contributed by atoms with Gasteiger partial charge in [-0.1, -0.05) is 30.3 Å². The highest BCUT2D eigenvalue weighted by molar-refractivity contribution is 5.94. The lowest BCUT2D eigenvalue weighted by molar-refractivity contribution is -0.119. The lowest BCUT2D eigenvalue weighted by Crippen LogP contribution is -2.25. The largest absolute Gasteiger partial charge is 0.326 e. The number of nitrogens with zero attached hydrogens (tertiary/aromatic N) is 3. The molecule has 2 aliphatic heterocycles. The zero-order valence-electron chi connectivity index (χ0n) is 14.9. The van der Waals surface area contributed by atoms with Crippen molar-refractivity contribution in [2.24, 2.45) is 5.92 Å². The van der Waals surface area contributed by atoms with Crippen molar-refractivity contribution in [2.45, 2.75) is 19.5 Å². The minimum absolute atomic E-state index is 0.0454. The lowest BCUT2D eigenvalue weighted by atomic mass is 9.96. The standard InChI is InChI=1S/C21H22N4O/c1-24-8-7-16(11-24)21(26)23-18-9-17-12-25(14-22)13-20(17)19(10-18)15-5-3-2-4-6-15/h2-6,9-10,16H,7-8,11-13H2,1H3,(H,23,26). The zero-order chi connectivity index (χ0) is 18.1. The number of nitrogens with one attached hydrogen (secondary N) is 1. The molecule has 2 aromatic carbocycles. The minimum atomic E-state index is 0.0454. The van der Waals surface area contributed by atoms with Crippen molar-refractivity contribution >= 4 is 11.6 Å². The van der Waals surface area contributed by atoms with Gasteiger partial charge in [0.15, 0.2) is 6.19 Å². The first-order valence-corrected chi connectivity index (χ1v) is 8.99. The van der Waals surface area contributed by atoms with E-state index in [1.807, 2.05) is 37.4 Å². The van der Waals surface area contributed by atoms with Crippen LogP contribution in [0.15, 0.2) is 42.5 Å². The van der Waals surface area contributed by atoms with Crippen LogP contribution in [0.25, 0.3) is 11.1 Å². The van der Waals surface area contributed by atoms with Crippen molar-refractivity contribution in [3.8, 4) is 17.3 Å². The highest BCUT2D eigenvalue weighted by Gasteiger charge is 2.27. The molecule has 1 unspecified atom stereocenters. The van der Waals surface area contributed by atoms with Crippen LogP contribution in [-0.4, -0.2) is 35.8 Å². The molecule has 0 radical (unpaired) electrons. The van der Waals surface area contributed by atoms with Gasteiger partial charge in [-0.05, 0) is 54.4 Å². The topological polar surface area (TPSA) is 59.4 Å². The fourth-order valence-electron chi connectivity index (χ4n) is 3.92. The summed E-state index contributed by atoms with van der Waals surface area (Å²) in [6.07, 6.45) is 3.14. The number of fused-ring (bicyclic) bond motifs is 1. The predicted molar refractivity (Wildman–Crippen MR) is 101 cm³/mol. The van der Waals surface area contributed by atoms with Crippen molar-refractivity contribution < 1.29 is 4.79 Å². The monoisotopic (exact) mass is 346 g/mol. The number of carbonyl (C=O) groups is 1. The molecule has 1 N–H and O–H groups in total. The minimum Gasteiger partial charge on any atom is -0.326 e. The summed E-state index contributed by atoms with van der Waals surface area (Å²) in [5.74, 6) is 0.132. The SMILES string of the molecule is CN1CCC(C(=O)Nc2cc3c(c(-c4ccccc4)c2)CN(C#N)C3)C1. The molecule has 132 valence electrons. The molecule has 1 amide bonds. The molecule has 0 saturated carbocycles. The first-order chi connectivity index (χ1) is 12.6. The van der Waals surface area contributed by atoms with Crippen LogP contribution in [0.4, 0.5) is 5.69 Å². The average molecular weight is 346 g/mol. The second-order valence-electron chi connectivity index (χ2n) is 7.22. The highest BCUT2D eigenvalue weighted by Crippen LogP contribution is 2.35. The fraction of sp³-hybridized carbons (Fsp3) is 0.333. The van der Waals surface area contributed by atoms with Crippen LogP contribution in [0.3, 0.4) is 0 Å². The Morgan fingerprint density at radius 1 is 1.23 bits per heavy atom. The van der Waals surface area contributed by atoms with Crippen LogP contribution in [0.5, 0.6) is 0 Å². The van der Waals surface area contributed by atoms with E-state index in [9.17, 15) is 10.1 Å². The van der Waals surface area contributed by atoms with E-state index in [0.717, 1.165) is 41.9 Å².